The van der Waals surface area contributed by atoms with Crippen molar-refractivity contribution in [2.24, 2.45) is 0 Å². The molecule has 1 aliphatic rings. The van der Waals surface area contributed by atoms with Gasteiger partial charge in [0.2, 0.25) is 0 Å². The molecule has 0 aromatic heterocycles. The minimum Gasteiger partial charge on any atom is -0.493 e. The molecule has 1 heterocycles. The van der Waals surface area contributed by atoms with E-state index in [-0.39, 0.29) is 12.3 Å². The lowest BCUT2D eigenvalue weighted by Crippen LogP contribution is -2.07. The summed E-state index contributed by atoms with van der Waals surface area (Å²) in [4.78, 5) is 10.6. The first-order valence-electron chi connectivity index (χ1n) is 4.31. The highest BCUT2D eigenvalue weighted by Crippen LogP contribution is 2.37. The summed E-state index contributed by atoms with van der Waals surface area (Å²) in [6.07, 6.45) is 0.106. The molecule has 0 fully saturated rings. The van der Waals surface area contributed by atoms with Gasteiger partial charge < -0.3 is 9.84 Å². The highest BCUT2D eigenvalue weighted by atomic mass is 35.5. The first-order valence-corrected chi connectivity index (χ1v) is 4.68. The van der Waals surface area contributed by atoms with E-state index in [1.807, 2.05) is 6.07 Å². The molecule has 14 heavy (non-hydrogen) atoms. The Labute approximate surface area is 86.3 Å². The second-order valence-electron chi connectivity index (χ2n) is 3.29. The maximum atomic E-state index is 10.6. The summed E-state index contributed by atoms with van der Waals surface area (Å²) < 4.78 is 5.34. The van der Waals surface area contributed by atoms with Crippen LogP contribution in [0.5, 0.6) is 5.75 Å². The minimum atomic E-state index is -0.804. The molecule has 1 aromatic carbocycles. The molecule has 3 nitrogen and oxygen atoms in total. The molecule has 0 spiro atoms. The molecule has 2 rings (SSSR count). The third-order valence-electron chi connectivity index (χ3n) is 2.28. The van der Waals surface area contributed by atoms with E-state index in [0.29, 0.717) is 17.4 Å². The van der Waals surface area contributed by atoms with Crippen molar-refractivity contribution in [3.05, 3.63) is 28.8 Å². The molecule has 0 unspecified atom stereocenters. The summed E-state index contributed by atoms with van der Waals surface area (Å²) in [5.41, 5.74) is 0.941. The quantitative estimate of drug-likeness (QED) is 0.818. The molecule has 0 saturated heterocycles. The topological polar surface area (TPSA) is 46.5 Å². The number of carboxylic acid groups (broad SMARTS) is 1. The van der Waals surface area contributed by atoms with Crippen molar-refractivity contribution in [1.29, 1.82) is 0 Å². The van der Waals surface area contributed by atoms with Gasteiger partial charge in [-0.25, -0.2) is 0 Å². The number of hydrogen-bond acceptors (Lipinski definition) is 2. The minimum absolute atomic E-state index is 0.0419. The van der Waals surface area contributed by atoms with Gasteiger partial charge in [-0.15, -0.1) is 0 Å². The Kier molecular flexibility index (Phi) is 2.33. The van der Waals surface area contributed by atoms with Crippen LogP contribution in [0, 0.1) is 0 Å². The zero-order chi connectivity index (χ0) is 10.1. The van der Waals surface area contributed by atoms with Crippen molar-refractivity contribution in [1.82, 2.24) is 0 Å². The number of aliphatic carboxylic acids is 1. The van der Waals surface area contributed by atoms with Crippen molar-refractivity contribution in [2.45, 2.75) is 12.3 Å². The van der Waals surface area contributed by atoms with Crippen LogP contribution < -0.4 is 4.74 Å². The van der Waals surface area contributed by atoms with E-state index >= 15 is 0 Å². The molecule has 0 radical (unpaired) electrons. The van der Waals surface area contributed by atoms with Crippen LogP contribution in [0.2, 0.25) is 5.02 Å². The molecular weight excluding hydrogens is 204 g/mol. The van der Waals surface area contributed by atoms with Crippen molar-refractivity contribution in [2.75, 3.05) is 6.61 Å². The normalized spacial score (nSPS) is 18.8. The Bertz CT molecular complexity index is 376. The Hall–Kier alpha value is -1.22. The number of carbonyl (C=O) groups is 1. The predicted octanol–water partition coefficient (Wildman–Crippen LogP) is 2.29. The van der Waals surface area contributed by atoms with Gasteiger partial charge >= 0.3 is 5.97 Å². The summed E-state index contributed by atoms with van der Waals surface area (Å²) in [5.74, 6) is -0.134. The maximum absolute atomic E-state index is 10.6. The molecule has 0 amide bonds. The van der Waals surface area contributed by atoms with E-state index in [2.05, 4.69) is 0 Å². The lowest BCUT2D eigenvalue weighted by atomic mass is 9.98. The lowest BCUT2D eigenvalue weighted by Gasteiger charge is -2.03. The number of halogens is 1. The Morgan fingerprint density at radius 1 is 1.64 bits per heavy atom. The number of ether oxygens (including phenoxy) is 1. The number of fused-ring (bicyclic) bond motifs is 1. The Balaban J connectivity index is 2.26. The van der Waals surface area contributed by atoms with Crippen molar-refractivity contribution < 1.29 is 14.6 Å². The maximum Gasteiger partial charge on any atom is 0.304 e. The molecule has 1 N–H and O–H groups in total. The van der Waals surface area contributed by atoms with E-state index in [4.69, 9.17) is 21.4 Å². The molecule has 1 atom stereocenters. The summed E-state index contributed by atoms with van der Waals surface area (Å²) in [6, 6.07) is 5.31. The predicted molar refractivity (Wildman–Crippen MR) is 51.9 cm³/mol. The van der Waals surface area contributed by atoms with Gasteiger partial charge in [0.15, 0.2) is 0 Å². The number of benzene rings is 1. The van der Waals surface area contributed by atoms with Crippen molar-refractivity contribution in [3.8, 4) is 5.75 Å². The van der Waals surface area contributed by atoms with Gasteiger partial charge in [0.1, 0.15) is 5.75 Å². The van der Waals surface area contributed by atoms with E-state index in [9.17, 15) is 4.79 Å². The fourth-order valence-electron chi connectivity index (χ4n) is 1.63. The first-order chi connectivity index (χ1) is 6.66. The van der Waals surface area contributed by atoms with Crippen LogP contribution in [0.25, 0.3) is 0 Å². The summed E-state index contributed by atoms with van der Waals surface area (Å²) >= 11 is 5.78. The largest absolute Gasteiger partial charge is 0.493 e. The molecule has 1 aliphatic heterocycles. The van der Waals surface area contributed by atoms with Gasteiger partial charge in [-0.05, 0) is 12.1 Å². The average molecular weight is 213 g/mol. The van der Waals surface area contributed by atoms with E-state index < -0.39 is 5.97 Å². The van der Waals surface area contributed by atoms with Gasteiger partial charge in [0.25, 0.3) is 0 Å². The standard InChI is InChI=1S/C10H9ClO3/c11-7-1-2-8-6(3-10(12)13)5-14-9(8)4-7/h1-2,4,6H,3,5H2,(H,12,13)/t6-/m0/s1. The van der Waals surface area contributed by atoms with Crippen LogP contribution in [0.3, 0.4) is 0 Å². The lowest BCUT2D eigenvalue weighted by molar-refractivity contribution is -0.137. The van der Waals surface area contributed by atoms with Crippen LogP contribution in [-0.2, 0) is 4.79 Å². The molecular formula is C10H9ClO3. The van der Waals surface area contributed by atoms with Crippen molar-refractivity contribution >= 4 is 17.6 Å². The highest BCUT2D eigenvalue weighted by Gasteiger charge is 2.26. The molecule has 4 heteroatoms. The average Bonchev–Trinajstić information content (AvgIpc) is 2.47. The Morgan fingerprint density at radius 3 is 3.14 bits per heavy atom. The van der Waals surface area contributed by atoms with E-state index in [0.717, 1.165) is 5.56 Å². The second-order valence-corrected chi connectivity index (χ2v) is 3.72. The summed E-state index contributed by atoms with van der Waals surface area (Å²) in [7, 11) is 0. The van der Waals surface area contributed by atoms with Crippen LogP contribution in [0.15, 0.2) is 18.2 Å². The summed E-state index contributed by atoms with van der Waals surface area (Å²) in [6.45, 7) is 0.433. The smallest absolute Gasteiger partial charge is 0.304 e. The molecule has 1 aromatic rings. The molecule has 0 aliphatic carbocycles. The van der Waals surface area contributed by atoms with Crippen molar-refractivity contribution in [3.63, 3.8) is 0 Å². The third kappa shape index (κ3) is 1.68. The highest BCUT2D eigenvalue weighted by molar-refractivity contribution is 6.30. The molecule has 0 bridgehead atoms. The van der Waals surface area contributed by atoms with Gasteiger partial charge in [-0.2, -0.15) is 0 Å². The molecule has 74 valence electrons. The fraction of sp³-hybridized carbons (Fsp3) is 0.300. The van der Waals surface area contributed by atoms with E-state index in [1.54, 1.807) is 12.1 Å². The van der Waals surface area contributed by atoms with Crippen LogP contribution >= 0.6 is 11.6 Å². The summed E-state index contributed by atoms with van der Waals surface area (Å²) in [5, 5.41) is 9.28. The van der Waals surface area contributed by atoms with Crippen LogP contribution in [-0.4, -0.2) is 17.7 Å². The van der Waals surface area contributed by atoms with E-state index in [1.165, 1.54) is 0 Å². The van der Waals surface area contributed by atoms with Gasteiger partial charge in [-0.3, -0.25) is 4.79 Å². The van der Waals surface area contributed by atoms with Crippen LogP contribution in [0.4, 0.5) is 0 Å². The van der Waals surface area contributed by atoms with Gasteiger partial charge in [-0.1, -0.05) is 17.7 Å². The second kappa shape index (κ2) is 3.50. The number of hydrogen-bond donors (Lipinski definition) is 1. The number of rotatable bonds is 2. The van der Waals surface area contributed by atoms with Gasteiger partial charge in [0.05, 0.1) is 13.0 Å². The fourth-order valence-corrected chi connectivity index (χ4v) is 1.79. The SMILES string of the molecule is O=C(O)C[C@H]1COc2cc(Cl)ccc21. The Morgan fingerprint density at radius 2 is 2.43 bits per heavy atom. The first kappa shape index (κ1) is 9.34. The molecule has 0 saturated carbocycles. The van der Waals surface area contributed by atoms with Gasteiger partial charge in [0, 0.05) is 16.5 Å². The zero-order valence-corrected chi connectivity index (χ0v) is 8.12. The number of carboxylic acids is 1. The zero-order valence-electron chi connectivity index (χ0n) is 7.37. The van der Waals surface area contributed by atoms with Crippen LogP contribution in [0.1, 0.15) is 17.9 Å². The third-order valence-corrected chi connectivity index (χ3v) is 2.51. The monoisotopic (exact) mass is 212 g/mol.